The SMILES string of the molecule is COc1ccc(N(CC(=O)NCCCN2CCCC2)S(=O)(=O)c2ccc(C)cc2)cc1OC. The third-order valence-corrected chi connectivity index (χ3v) is 7.51. The standard InChI is InChI=1S/C24H33N3O5S/c1-19-7-10-21(11-8-19)33(29,30)27(20-9-12-22(31-2)23(17-20)32-3)18-24(28)25-13-6-16-26-14-4-5-15-26/h7-12,17H,4-6,13-16,18H2,1-3H3,(H,25,28). The summed E-state index contributed by atoms with van der Waals surface area (Å²) >= 11 is 0. The van der Waals surface area contributed by atoms with Crippen LogP contribution in [0.3, 0.4) is 0 Å². The van der Waals surface area contributed by atoms with Gasteiger partial charge in [-0.15, -0.1) is 0 Å². The number of anilines is 1. The predicted octanol–water partition coefficient (Wildman–Crippen LogP) is 2.81. The quantitative estimate of drug-likeness (QED) is 0.503. The number of hydrogen-bond acceptors (Lipinski definition) is 6. The Morgan fingerprint density at radius 3 is 2.33 bits per heavy atom. The fraction of sp³-hybridized carbons (Fsp3) is 0.458. The molecule has 0 spiro atoms. The van der Waals surface area contributed by atoms with Crippen LogP contribution >= 0.6 is 0 Å². The number of carbonyl (C=O) groups is 1. The average Bonchev–Trinajstić information content (AvgIpc) is 3.33. The molecule has 9 heteroatoms. The number of methoxy groups -OCH3 is 2. The molecule has 180 valence electrons. The number of aryl methyl sites for hydroxylation is 1. The summed E-state index contributed by atoms with van der Waals surface area (Å²) in [5.74, 6) is 0.493. The van der Waals surface area contributed by atoms with Crippen molar-refractivity contribution >= 4 is 21.6 Å². The Morgan fingerprint density at radius 2 is 1.70 bits per heavy atom. The molecule has 2 aromatic rings. The molecule has 3 rings (SSSR count). The normalized spacial score (nSPS) is 14.2. The summed E-state index contributed by atoms with van der Waals surface area (Å²) in [4.78, 5) is 15.2. The average molecular weight is 476 g/mol. The Morgan fingerprint density at radius 1 is 1.03 bits per heavy atom. The maximum atomic E-state index is 13.5. The first-order valence-electron chi connectivity index (χ1n) is 11.2. The first-order chi connectivity index (χ1) is 15.8. The molecule has 1 aliphatic rings. The van der Waals surface area contributed by atoms with Gasteiger partial charge in [0.15, 0.2) is 11.5 Å². The Kier molecular flexibility index (Phi) is 8.57. The molecule has 1 saturated heterocycles. The van der Waals surface area contributed by atoms with Crippen LogP contribution < -0.4 is 19.1 Å². The lowest BCUT2D eigenvalue weighted by molar-refractivity contribution is -0.119. The van der Waals surface area contributed by atoms with Gasteiger partial charge in [-0.05, 0) is 70.1 Å². The number of nitrogens with zero attached hydrogens (tertiary/aromatic N) is 2. The van der Waals surface area contributed by atoms with Crippen molar-refractivity contribution in [3.8, 4) is 11.5 Å². The molecule has 0 aliphatic carbocycles. The van der Waals surface area contributed by atoms with Gasteiger partial charge >= 0.3 is 0 Å². The molecule has 0 saturated carbocycles. The van der Waals surface area contributed by atoms with Crippen molar-refractivity contribution in [2.75, 3.05) is 51.2 Å². The van der Waals surface area contributed by atoms with Crippen molar-refractivity contribution in [3.63, 3.8) is 0 Å². The van der Waals surface area contributed by atoms with Crippen LogP contribution in [0.1, 0.15) is 24.8 Å². The van der Waals surface area contributed by atoms with Crippen molar-refractivity contribution in [3.05, 3.63) is 48.0 Å². The highest BCUT2D eigenvalue weighted by atomic mass is 32.2. The summed E-state index contributed by atoms with van der Waals surface area (Å²) in [7, 11) is -0.999. The first-order valence-corrected chi connectivity index (χ1v) is 12.6. The number of sulfonamides is 1. The molecule has 2 aromatic carbocycles. The topological polar surface area (TPSA) is 88.2 Å². The van der Waals surface area contributed by atoms with E-state index in [1.54, 1.807) is 42.5 Å². The number of amides is 1. The highest BCUT2D eigenvalue weighted by Gasteiger charge is 2.28. The number of nitrogens with one attached hydrogen (secondary N) is 1. The summed E-state index contributed by atoms with van der Waals surface area (Å²) in [5.41, 5.74) is 1.27. The van der Waals surface area contributed by atoms with Gasteiger partial charge in [0.1, 0.15) is 6.54 Å². The summed E-state index contributed by atoms with van der Waals surface area (Å²) in [6.07, 6.45) is 3.28. The molecular formula is C24H33N3O5S. The van der Waals surface area contributed by atoms with Crippen LogP contribution in [0.2, 0.25) is 0 Å². The minimum Gasteiger partial charge on any atom is -0.493 e. The molecule has 1 heterocycles. The van der Waals surface area contributed by atoms with Crippen molar-refractivity contribution in [1.82, 2.24) is 10.2 Å². The summed E-state index contributed by atoms with van der Waals surface area (Å²) < 4.78 is 38.7. The van der Waals surface area contributed by atoms with E-state index in [0.29, 0.717) is 23.7 Å². The molecule has 0 radical (unpaired) electrons. The maximum absolute atomic E-state index is 13.5. The lowest BCUT2D eigenvalue weighted by Gasteiger charge is -2.25. The maximum Gasteiger partial charge on any atom is 0.264 e. The van der Waals surface area contributed by atoms with Gasteiger partial charge in [-0.2, -0.15) is 0 Å². The zero-order chi connectivity index (χ0) is 23.8. The lowest BCUT2D eigenvalue weighted by Crippen LogP contribution is -2.41. The van der Waals surface area contributed by atoms with Crippen LogP contribution in [0.25, 0.3) is 0 Å². The monoisotopic (exact) mass is 475 g/mol. The van der Waals surface area contributed by atoms with Gasteiger partial charge in [-0.25, -0.2) is 8.42 Å². The van der Waals surface area contributed by atoms with Gasteiger partial charge in [0.25, 0.3) is 10.0 Å². The van der Waals surface area contributed by atoms with Gasteiger partial charge in [-0.3, -0.25) is 9.10 Å². The van der Waals surface area contributed by atoms with E-state index in [1.807, 2.05) is 6.92 Å². The molecule has 0 aromatic heterocycles. The third-order valence-electron chi connectivity index (χ3n) is 5.72. The fourth-order valence-electron chi connectivity index (χ4n) is 3.86. The summed E-state index contributed by atoms with van der Waals surface area (Å²) in [6.45, 7) is 5.19. The number of carbonyl (C=O) groups excluding carboxylic acids is 1. The van der Waals surface area contributed by atoms with Crippen LogP contribution in [0.5, 0.6) is 11.5 Å². The third kappa shape index (κ3) is 6.39. The number of benzene rings is 2. The van der Waals surface area contributed by atoms with Gasteiger partial charge in [0.05, 0.1) is 24.8 Å². The molecule has 0 unspecified atom stereocenters. The number of rotatable bonds is 11. The van der Waals surface area contributed by atoms with E-state index in [-0.39, 0.29) is 17.3 Å². The fourth-order valence-corrected chi connectivity index (χ4v) is 5.27. The summed E-state index contributed by atoms with van der Waals surface area (Å²) in [6, 6.07) is 11.4. The molecule has 1 N–H and O–H groups in total. The van der Waals surface area contributed by atoms with E-state index in [4.69, 9.17) is 9.47 Å². The summed E-state index contributed by atoms with van der Waals surface area (Å²) in [5, 5.41) is 2.86. The van der Waals surface area contributed by atoms with Gasteiger partial charge in [0, 0.05) is 12.6 Å². The largest absolute Gasteiger partial charge is 0.493 e. The Balaban J connectivity index is 1.79. The smallest absolute Gasteiger partial charge is 0.264 e. The van der Waals surface area contributed by atoms with Crippen LogP contribution in [-0.4, -0.2) is 66.2 Å². The van der Waals surface area contributed by atoms with Crippen LogP contribution in [0.15, 0.2) is 47.4 Å². The molecule has 33 heavy (non-hydrogen) atoms. The predicted molar refractivity (Wildman–Crippen MR) is 129 cm³/mol. The highest BCUT2D eigenvalue weighted by Crippen LogP contribution is 2.33. The molecule has 1 fully saturated rings. The molecule has 0 bridgehead atoms. The Labute approximate surface area is 196 Å². The zero-order valence-corrected chi connectivity index (χ0v) is 20.4. The minimum absolute atomic E-state index is 0.115. The lowest BCUT2D eigenvalue weighted by atomic mass is 10.2. The minimum atomic E-state index is -3.99. The van der Waals surface area contributed by atoms with Crippen molar-refractivity contribution in [1.29, 1.82) is 0 Å². The number of hydrogen-bond donors (Lipinski definition) is 1. The van der Waals surface area contributed by atoms with E-state index < -0.39 is 10.0 Å². The Hall–Kier alpha value is -2.78. The zero-order valence-electron chi connectivity index (χ0n) is 19.5. The molecule has 1 aliphatic heterocycles. The molecule has 0 atom stereocenters. The van der Waals surface area contributed by atoms with Gasteiger partial charge < -0.3 is 19.7 Å². The molecular weight excluding hydrogens is 442 g/mol. The molecule has 8 nitrogen and oxygen atoms in total. The van der Waals surface area contributed by atoms with E-state index in [1.165, 1.54) is 27.1 Å². The van der Waals surface area contributed by atoms with Gasteiger partial charge in [0.2, 0.25) is 5.91 Å². The van der Waals surface area contributed by atoms with E-state index in [2.05, 4.69) is 10.2 Å². The van der Waals surface area contributed by atoms with Crippen molar-refractivity contribution < 1.29 is 22.7 Å². The second-order valence-electron chi connectivity index (χ2n) is 8.12. The second-order valence-corrected chi connectivity index (χ2v) is 9.98. The van der Waals surface area contributed by atoms with E-state index >= 15 is 0 Å². The van der Waals surface area contributed by atoms with Crippen LogP contribution in [0, 0.1) is 6.92 Å². The number of ether oxygens (including phenoxy) is 2. The second kappa shape index (κ2) is 11.4. The first kappa shape index (κ1) is 24.9. The van der Waals surface area contributed by atoms with Gasteiger partial charge in [-0.1, -0.05) is 17.7 Å². The van der Waals surface area contributed by atoms with Crippen molar-refractivity contribution in [2.45, 2.75) is 31.1 Å². The van der Waals surface area contributed by atoms with Crippen molar-refractivity contribution in [2.24, 2.45) is 0 Å². The van der Waals surface area contributed by atoms with E-state index in [9.17, 15) is 13.2 Å². The van der Waals surface area contributed by atoms with Crippen LogP contribution in [0.4, 0.5) is 5.69 Å². The number of likely N-dealkylation sites (tertiary alicyclic amines) is 1. The van der Waals surface area contributed by atoms with E-state index in [0.717, 1.165) is 35.9 Å². The Bertz CT molecular complexity index is 1030. The van der Waals surface area contributed by atoms with Crippen LogP contribution in [-0.2, 0) is 14.8 Å². The molecule has 1 amide bonds. The highest BCUT2D eigenvalue weighted by molar-refractivity contribution is 7.92.